The van der Waals surface area contributed by atoms with Gasteiger partial charge >= 0.3 is 0 Å². The van der Waals surface area contributed by atoms with Crippen molar-refractivity contribution in [1.82, 2.24) is 0 Å². The number of rotatable bonds is 5. The third kappa shape index (κ3) is 2.62. The van der Waals surface area contributed by atoms with Crippen LogP contribution >= 0.6 is 11.8 Å². The van der Waals surface area contributed by atoms with Crippen molar-refractivity contribution in [2.24, 2.45) is 0 Å². The molecule has 0 radical (unpaired) electrons. The first-order valence-electron chi connectivity index (χ1n) is 6.50. The zero-order chi connectivity index (χ0) is 13.1. The highest BCUT2D eigenvalue weighted by Crippen LogP contribution is 2.31. The van der Waals surface area contributed by atoms with E-state index < -0.39 is 0 Å². The van der Waals surface area contributed by atoms with Crippen LogP contribution < -0.4 is 0 Å². The van der Waals surface area contributed by atoms with E-state index in [-0.39, 0.29) is 0 Å². The second-order valence-corrected chi connectivity index (χ2v) is 5.47. The van der Waals surface area contributed by atoms with Gasteiger partial charge in [0.2, 0.25) is 0 Å². The molecule has 0 aliphatic rings. The molecule has 0 bridgehead atoms. The number of hydrogen-bond donors (Lipinski definition) is 0. The van der Waals surface area contributed by atoms with Crippen LogP contribution in [0.4, 0.5) is 0 Å². The Kier molecular flexibility index (Phi) is 3.76. The van der Waals surface area contributed by atoms with Crippen molar-refractivity contribution in [2.45, 2.75) is 11.8 Å². The average molecular weight is 272 g/mol. The summed E-state index contributed by atoms with van der Waals surface area (Å²) in [4.78, 5) is 1.26. The third-order valence-corrected chi connectivity index (χ3v) is 4.01. The molecular weight excluding hydrogens is 256 g/mol. The van der Waals surface area contributed by atoms with Gasteiger partial charge in [-0.05, 0) is 31.2 Å². The van der Waals surface area contributed by atoms with Gasteiger partial charge in [0.05, 0.1) is 6.61 Å². The molecule has 0 atom stereocenters. The van der Waals surface area contributed by atoms with Crippen LogP contribution in [0.1, 0.15) is 6.92 Å². The van der Waals surface area contributed by atoms with E-state index in [0.717, 1.165) is 30.1 Å². The Morgan fingerprint density at radius 3 is 2.79 bits per heavy atom. The summed E-state index contributed by atoms with van der Waals surface area (Å²) < 4.78 is 11.2. The van der Waals surface area contributed by atoms with Crippen molar-refractivity contribution in [3.8, 4) is 0 Å². The highest BCUT2D eigenvalue weighted by atomic mass is 32.2. The lowest BCUT2D eigenvalue weighted by Gasteiger charge is -2.02. The van der Waals surface area contributed by atoms with Gasteiger partial charge in [-0.15, -0.1) is 11.8 Å². The summed E-state index contributed by atoms with van der Waals surface area (Å²) in [5.41, 5.74) is 1.91. The van der Waals surface area contributed by atoms with Crippen molar-refractivity contribution < 1.29 is 9.15 Å². The second-order valence-electron chi connectivity index (χ2n) is 4.30. The molecule has 1 heterocycles. The van der Waals surface area contributed by atoms with E-state index in [1.165, 1.54) is 15.7 Å². The van der Waals surface area contributed by atoms with Crippen molar-refractivity contribution in [3.63, 3.8) is 0 Å². The second kappa shape index (κ2) is 5.68. The molecule has 0 amide bonds. The Balaban J connectivity index is 1.89. The highest BCUT2D eigenvalue weighted by molar-refractivity contribution is 7.99. The fourth-order valence-corrected chi connectivity index (χ4v) is 2.96. The number of benzene rings is 2. The molecule has 98 valence electrons. The molecule has 0 saturated carbocycles. The fourth-order valence-electron chi connectivity index (χ4n) is 2.16. The Bertz CT molecular complexity index is 687. The van der Waals surface area contributed by atoms with E-state index in [9.17, 15) is 0 Å². The minimum atomic E-state index is 0.784. The van der Waals surface area contributed by atoms with Crippen molar-refractivity contribution >= 4 is 33.7 Å². The van der Waals surface area contributed by atoms with Gasteiger partial charge in [-0.25, -0.2) is 0 Å². The largest absolute Gasteiger partial charge is 0.456 e. The molecule has 0 unspecified atom stereocenters. The van der Waals surface area contributed by atoms with E-state index in [1.807, 2.05) is 36.9 Å². The molecule has 0 aliphatic heterocycles. The Morgan fingerprint density at radius 1 is 1.05 bits per heavy atom. The van der Waals surface area contributed by atoms with Crippen LogP contribution in [0.5, 0.6) is 0 Å². The molecule has 1 aromatic heterocycles. The first-order valence-corrected chi connectivity index (χ1v) is 7.49. The Hall–Kier alpha value is -1.45. The monoisotopic (exact) mass is 272 g/mol. The van der Waals surface area contributed by atoms with Crippen molar-refractivity contribution in [3.05, 3.63) is 42.5 Å². The van der Waals surface area contributed by atoms with E-state index in [2.05, 4.69) is 24.3 Å². The van der Waals surface area contributed by atoms with Crippen LogP contribution in [0.3, 0.4) is 0 Å². The molecule has 0 spiro atoms. The molecular formula is C16H16O2S. The zero-order valence-electron chi connectivity index (χ0n) is 10.9. The summed E-state index contributed by atoms with van der Waals surface area (Å²) in [5.74, 6) is 0.981. The first kappa shape index (κ1) is 12.6. The van der Waals surface area contributed by atoms with Crippen LogP contribution in [0.2, 0.25) is 0 Å². The predicted octanol–water partition coefficient (Wildman–Crippen LogP) is 4.71. The topological polar surface area (TPSA) is 22.4 Å². The molecule has 2 nitrogen and oxygen atoms in total. The fraction of sp³-hybridized carbons (Fsp3) is 0.250. The predicted molar refractivity (Wildman–Crippen MR) is 80.9 cm³/mol. The van der Waals surface area contributed by atoms with Gasteiger partial charge in [0, 0.05) is 28.0 Å². The molecule has 2 aromatic carbocycles. The Morgan fingerprint density at radius 2 is 1.89 bits per heavy atom. The smallest absolute Gasteiger partial charge is 0.135 e. The third-order valence-electron chi connectivity index (χ3n) is 3.05. The van der Waals surface area contributed by atoms with Gasteiger partial charge in [0.1, 0.15) is 11.2 Å². The molecule has 0 aliphatic carbocycles. The Labute approximate surface area is 116 Å². The number of thioether (sulfide) groups is 1. The van der Waals surface area contributed by atoms with Gasteiger partial charge in [-0.1, -0.05) is 18.2 Å². The molecule has 3 heteroatoms. The summed E-state index contributed by atoms with van der Waals surface area (Å²) in [5, 5.41) is 2.38. The number of hydrogen-bond acceptors (Lipinski definition) is 3. The molecule has 0 fully saturated rings. The molecule has 3 aromatic rings. The number of fused-ring (bicyclic) bond motifs is 3. The van der Waals surface area contributed by atoms with E-state index in [4.69, 9.17) is 9.15 Å². The summed E-state index contributed by atoms with van der Waals surface area (Å²) in [7, 11) is 0. The lowest BCUT2D eigenvalue weighted by atomic mass is 10.1. The zero-order valence-corrected chi connectivity index (χ0v) is 11.7. The normalized spacial score (nSPS) is 11.4. The van der Waals surface area contributed by atoms with Crippen LogP contribution in [-0.2, 0) is 4.74 Å². The van der Waals surface area contributed by atoms with E-state index in [1.54, 1.807) is 0 Å². The first-order chi connectivity index (χ1) is 9.38. The van der Waals surface area contributed by atoms with Crippen LogP contribution in [-0.4, -0.2) is 19.0 Å². The number of furan rings is 1. The molecule has 3 rings (SSSR count). The van der Waals surface area contributed by atoms with E-state index >= 15 is 0 Å². The van der Waals surface area contributed by atoms with Gasteiger partial charge in [0.25, 0.3) is 0 Å². The van der Waals surface area contributed by atoms with Gasteiger partial charge in [-0.2, -0.15) is 0 Å². The maximum atomic E-state index is 5.82. The van der Waals surface area contributed by atoms with Crippen LogP contribution in [0.25, 0.3) is 21.9 Å². The van der Waals surface area contributed by atoms with Crippen LogP contribution in [0, 0.1) is 0 Å². The molecule has 0 saturated heterocycles. The lowest BCUT2D eigenvalue weighted by molar-refractivity contribution is 0.164. The van der Waals surface area contributed by atoms with Crippen LogP contribution in [0.15, 0.2) is 51.8 Å². The van der Waals surface area contributed by atoms with E-state index in [0.29, 0.717) is 0 Å². The summed E-state index contributed by atoms with van der Waals surface area (Å²) in [6, 6.07) is 14.5. The van der Waals surface area contributed by atoms with Crippen molar-refractivity contribution in [2.75, 3.05) is 19.0 Å². The number of para-hydroxylation sites is 1. The average Bonchev–Trinajstić information content (AvgIpc) is 2.82. The maximum Gasteiger partial charge on any atom is 0.135 e. The summed E-state index contributed by atoms with van der Waals surface area (Å²) in [6.07, 6.45) is 0. The molecule has 19 heavy (non-hydrogen) atoms. The van der Waals surface area contributed by atoms with Gasteiger partial charge < -0.3 is 9.15 Å². The lowest BCUT2D eigenvalue weighted by Crippen LogP contribution is -1.95. The number of ether oxygens (including phenoxy) is 1. The summed E-state index contributed by atoms with van der Waals surface area (Å²) in [6.45, 7) is 3.60. The maximum absolute atomic E-state index is 5.82. The van der Waals surface area contributed by atoms with Gasteiger partial charge in [0.15, 0.2) is 0 Å². The highest BCUT2D eigenvalue weighted by Gasteiger charge is 2.06. The minimum absolute atomic E-state index is 0.784. The van der Waals surface area contributed by atoms with Gasteiger partial charge in [-0.3, -0.25) is 0 Å². The quantitative estimate of drug-likeness (QED) is 0.496. The summed E-state index contributed by atoms with van der Waals surface area (Å²) >= 11 is 1.82. The minimum Gasteiger partial charge on any atom is -0.456 e. The van der Waals surface area contributed by atoms with Crippen molar-refractivity contribution in [1.29, 1.82) is 0 Å². The molecule has 0 N–H and O–H groups in total. The SMILES string of the molecule is CCOCCSc1ccc2oc3ccccc3c2c1. The standard InChI is InChI=1S/C16H16O2S/c1-2-17-9-10-19-12-7-8-16-14(11-12)13-5-3-4-6-15(13)18-16/h3-8,11H,2,9-10H2,1H3.